The number of aliphatic hydroxyl groups excluding tert-OH is 5. The molecule has 7 nitrogen and oxygen atoms in total. The summed E-state index contributed by atoms with van der Waals surface area (Å²) in [5, 5.41) is 53.5. The van der Waals surface area contributed by atoms with Crippen LogP contribution in [0.25, 0.3) is 0 Å². The van der Waals surface area contributed by atoms with Gasteiger partial charge < -0.3 is 30.8 Å². The van der Waals surface area contributed by atoms with Crippen LogP contribution in [0.5, 0.6) is 0 Å². The molecule has 0 aliphatic heterocycles. The molecule has 7 heteroatoms. The summed E-state index contributed by atoms with van der Waals surface area (Å²) in [7, 11) is 0. The third kappa shape index (κ3) is 3.66. The summed E-state index contributed by atoms with van der Waals surface area (Å²) >= 11 is 0. The van der Waals surface area contributed by atoms with E-state index in [1.54, 1.807) is 0 Å². The lowest BCUT2D eigenvalue weighted by atomic mass is 10.0. The molecule has 0 unspecified atom stereocenters. The van der Waals surface area contributed by atoms with Gasteiger partial charge in [0.25, 0.3) is 0 Å². The molecule has 0 aromatic carbocycles. The van der Waals surface area contributed by atoms with Crippen molar-refractivity contribution in [1.29, 1.82) is 0 Å². The van der Waals surface area contributed by atoms with Gasteiger partial charge in [0.05, 0.1) is 6.61 Å². The van der Waals surface area contributed by atoms with Crippen molar-refractivity contribution in [1.82, 2.24) is 0 Å². The van der Waals surface area contributed by atoms with Gasteiger partial charge in [0.1, 0.15) is 18.3 Å². The van der Waals surface area contributed by atoms with Gasteiger partial charge in [0.2, 0.25) is 0 Å². The minimum absolute atomic E-state index is 0.345. The maximum Gasteiger partial charge on any atom is 0.349 e. The largest absolute Gasteiger partial charge is 0.463 e. The van der Waals surface area contributed by atoms with E-state index in [2.05, 4.69) is 4.58 Å². The predicted octanol–water partition coefficient (Wildman–Crippen LogP) is -4.57. The predicted molar refractivity (Wildman–Crippen MR) is 37.2 cm³/mol. The molecule has 0 radical (unpaired) electrons. The molecular formula is C6H12O7. The second-order valence-corrected chi connectivity index (χ2v) is 2.45. The summed E-state index contributed by atoms with van der Waals surface area (Å²) in [4.78, 5) is 0. The van der Waals surface area contributed by atoms with E-state index in [4.69, 9.17) is 25.5 Å². The zero-order valence-corrected chi connectivity index (χ0v) is 6.65. The Morgan fingerprint density at radius 2 is 1.69 bits per heavy atom. The van der Waals surface area contributed by atoms with E-state index >= 15 is 0 Å². The first kappa shape index (κ1) is 12.3. The van der Waals surface area contributed by atoms with Crippen molar-refractivity contribution in [2.45, 2.75) is 24.4 Å². The van der Waals surface area contributed by atoms with Crippen LogP contribution < -0.4 is 5.26 Å². The third-order valence-corrected chi connectivity index (χ3v) is 1.48. The topological polar surface area (TPSA) is 136 Å². The van der Waals surface area contributed by atoms with Crippen LogP contribution in [0.4, 0.5) is 0 Å². The monoisotopic (exact) mass is 196 g/mol. The van der Waals surface area contributed by atoms with Crippen molar-refractivity contribution in [2.24, 2.45) is 0 Å². The third-order valence-electron chi connectivity index (χ3n) is 1.48. The summed E-state index contributed by atoms with van der Waals surface area (Å²) < 4.78 is 3.15. The highest BCUT2D eigenvalue weighted by Gasteiger charge is 2.31. The normalized spacial score (nSPS) is 21.3. The molecule has 78 valence electrons. The van der Waals surface area contributed by atoms with Crippen molar-refractivity contribution in [3.8, 4) is 0 Å². The maximum atomic E-state index is 9.49. The van der Waals surface area contributed by atoms with Gasteiger partial charge >= 0.3 is 6.29 Å². The van der Waals surface area contributed by atoms with Gasteiger partial charge in [-0.05, 0) is 0 Å². The first-order valence-corrected chi connectivity index (χ1v) is 3.49. The Morgan fingerprint density at radius 1 is 1.15 bits per heavy atom. The van der Waals surface area contributed by atoms with Crippen molar-refractivity contribution in [2.75, 3.05) is 6.61 Å². The van der Waals surface area contributed by atoms with Crippen LogP contribution in [0.15, 0.2) is 0 Å². The van der Waals surface area contributed by atoms with Crippen LogP contribution >= 0.6 is 0 Å². The van der Waals surface area contributed by atoms with E-state index in [0.29, 0.717) is 6.29 Å². The first-order chi connectivity index (χ1) is 6.04. The van der Waals surface area contributed by atoms with Crippen molar-refractivity contribution < 1.29 is 35.4 Å². The summed E-state index contributed by atoms with van der Waals surface area (Å²) in [6, 6.07) is 0. The fourth-order valence-corrected chi connectivity index (χ4v) is 0.675. The summed E-state index contributed by atoms with van der Waals surface area (Å²) in [5.41, 5.74) is 0. The van der Waals surface area contributed by atoms with Gasteiger partial charge in [-0.1, -0.05) is 0 Å². The van der Waals surface area contributed by atoms with E-state index in [-0.39, 0.29) is 0 Å². The second kappa shape index (κ2) is 5.84. The summed E-state index contributed by atoms with van der Waals surface area (Å²) in [6.07, 6.45) is -6.53. The average molecular weight is 196 g/mol. The van der Waals surface area contributed by atoms with Crippen LogP contribution in [0, 0.1) is 0 Å². The minimum Gasteiger partial charge on any atom is -0.463 e. The SMILES string of the molecule is [O-][O+]=C[C@H](O)[C@@H](O)[C@H](O)[C@H](O)CO. The first-order valence-electron chi connectivity index (χ1n) is 3.49. The molecule has 0 fully saturated rings. The van der Waals surface area contributed by atoms with E-state index in [1.165, 1.54) is 0 Å². The van der Waals surface area contributed by atoms with Crippen molar-refractivity contribution in [3.05, 3.63) is 0 Å². The van der Waals surface area contributed by atoms with Crippen molar-refractivity contribution in [3.63, 3.8) is 0 Å². The molecular weight excluding hydrogens is 184 g/mol. The molecule has 0 spiro atoms. The molecule has 0 amide bonds. The van der Waals surface area contributed by atoms with Crippen LogP contribution in [0.3, 0.4) is 0 Å². The number of hydrogen-bond donors (Lipinski definition) is 5. The molecule has 0 aliphatic rings. The van der Waals surface area contributed by atoms with Gasteiger partial charge in [0, 0.05) is 0 Å². The Morgan fingerprint density at radius 3 is 2.08 bits per heavy atom. The quantitative estimate of drug-likeness (QED) is 0.130. The summed E-state index contributed by atoms with van der Waals surface area (Å²) in [6.45, 7) is -0.775. The van der Waals surface area contributed by atoms with Crippen LogP contribution in [0.2, 0.25) is 0 Å². The van der Waals surface area contributed by atoms with Gasteiger partial charge in [-0.15, -0.1) is 0 Å². The van der Waals surface area contributed by atoms with E-state index < -0.39 is 31.0 Å². The lowest BCUT2D eigenvalue weighted by molar-refractivity contribution is -1.04. The zero-order chi connectivity index (χ0) is 10.4. The Bertz CT molecular complexity index is 159. The van der Waals surface area contributed by atoms with E-state index in [9.17, 15) is 5.26 Å². The van der Waals surface area contributed by atoms with Crippen LogP contribution in [-0.2, 0) is 4.58 Å². The Balaban J connectivity index is 4.15. The number of aldehydes is 1. The molecule has 0 bridgehead atoms. The highest BCUT2D eigenvalue weighted by molar-refractivity contribution is 5.56. The van der Waals surface area contributed by atoms with Crippen LogP contribution in [0.1, 0.15) is 0 Å². The standard InChI is InChI=1S/C6H12O7/c7-1-3(8)5(10)6(11)4(9)2-13-12/h2-11H,1H2/t3-,4+,5-,6-/m1/s1. The fourth-order valence-electron chi connectivity index (χ4n) is 0.675. The maximum absolute atomic E-state index is 9.49. The molecule has 0 rings (SSSR count). The summed E-state index contributed by atoms with van der Waals surface area (Å²) in [5.74, 6) is 0. The molecule has 0 aromatic heterocycles. The van der Waals surface area contributed by atoms with Gasteiger partial charge in [-0.25, -0.2) is 0 Å². The highest BCUT2D eigenvalue weighted by atomic mass is 17.1. The molecule has 0 saturated carbocycles. The molecule has 0 heterocycles. The molecule has 13 heavy (non-hydrogen) atoms. The number of hydrogen-bond acceptors (Lipinski definition) is 6. The number of rotatable bonds is 5. The lowest BCUT2D eigenvalue weighted by Crippen LogP contribution is -2.46. The van der Waals surface area contributed by atoms with Gasteiger partial charge in [0.15, 0.2) is 6.10 Å². The van der Waals surface area contributed by atoms with E-state index in [1.807, 2.05) is 0 Å². The Labute approximate surface area is 73.7 Å². The molecule has 4 atom stereocenters. The van der Waals surface area contributed by atoms with E-state index in [0.717, 1.165) is 0 Å². The fraction of sp³-hybridized carbons (Fsp3) is 0.833. The average Bonchev–Trinajstić information content (AvgIpc) is 2.14. The molecule has 0 aliphatic carbocycles. The highest BCUT2D eigenvalue weighted by Crippen LogP contribution is 2.03. The zero-order valence-electron chi connectivity index (χ0n) is 6.65. The number of carbonyl (C=O) groups excluding carboxylic acids is 1. The van der Waals surface area contributed by atoms with Gasteiger partial charge in [-0.2, -0.15) is 4.58 Å². The van der Waals surface area contributed by atoms with Crippen LogP contribution in [-0.4, -0.2) is 62.8 Å². The van der Waals surface area contributed by atoms with Gasteiger partial charge in [-0.3, -0.25) is 0 Å². The van der Waals surface area contributed by atoms with Crippen molar-refractivity contribution >= 4 is 6.29 Å². The molecule has 0 aromatic rings. The second-order valence-electron chi connectivity index (χ2n) is 2.45. The smallest absolute Gasteiger partial charge is 0.349 e. The minimum atomic E-state index is -1.80. The Kier molecular flexibility index (Phi) is 5.51. The number of aliphatic hydroxyl groups is 5. The Hall–Kier alpha value is -0.730. The molecule has 0 saturated heterocycles. The lowest BCUT2D eigenvalue weighted by Gasteiger charge is -2.21. The molecule has 5 N–H and O–H groups in total.